The molecule has 0 aromatic rings. The van der Waals surface area contributed by atoms with Crippen molar-refractivity contribution in [2.24, 2.45) is 23.2 Å². The maximum absolute atomic E-state index is 14.2. The van der Waals surface area contributed by atoms with Crippen molar-refractivity contribution in [2.75, 3.05) is 113 Å². The fourth-order valence-electron chi connectivity index (χ4n) is 13.8. The minimum atomic E-state index is -1.46. The van der Waals surface area contributed by atoms with Crippen LogP contribution >= 0.6 is 0 Å². The molecule has 3 aliphatic heterocycles. The fraction of sp³-hybridized carbons (Fsp3) is 0.873. The lowest BCUT2D eigenvalue weighted by molar-refractivity contribution is -0.282. The van der Waals surface area contributed by atoms with E-state index in [1.54, 1.807) is 6.92 Å². The number of Topliss-reactive ketones (excluding diaryl/α,β-unsaturated/α-hetero) is 5. The summed E-state index contributed by atoms with van der Waals surface area (Å²) in [7, 11) is 1.47. The second-order valence-corrected chi connectivity index (χ2v) is 31.3. The molecule has 4 fully saturated rings. The minimum absolute atomic E-state index is 0.00556. The van der Waals surface area contributed by atoms with E-state index in [2.05, 4.69) is 42.0 Å². The predicted molar refractivity (Wildman–Crippen MR) is 409 cm³/mol. The molecule has 0 bridgehead atoms. The molecular weight excluding hydrogens is 1480 g/mol. The first-order valence-corrected chi connectivity index (χ1v) is 40.8. The van der Waals surface area contributed by atoms with Crippen molar-refractivity contribution in [3.8, 4) is 0 Å². The summed E-state index contributed by atoms with van der Waals surface area (Å²) in [4.78, 5) is 130. The van der Waals surface area contributed by atoms with E-state index in [0.29, 0.717) is 109 Å². The van der Waals surface area contributed by atoms with Crippen LogP contribution in [0, 0.1) is 23.2 Å². The molecule has 3 saturated heterocycles. The number of hydrogen-bond acceptors (Lipinski definition) is 29. The molecule has 654 valence electrons. The number of unbranched alkanes of at least 4 members (excludes halogenated alkanes) is 7. The van der Waals surface area contributed by atoms with Gasteiger partial charge in [0.25, 0.3) is 0 Å². The van der Waals surface area contributed by atoms with Gasteiger partial charge in [0, 0.05) is 155 Å². The fourth-order valence-corrected chi connectivity index (χ4v) is 13.8. The van der Waals surface area contributed by atoms with Crippen molar-refractivity contribution < 1.29 is 142 Å². The minimum Gasteiger partial charge on any atom is -0.396 e. The van der Waals surface area contributed by atoms with Crippen LogP contribution in [0.1, 0.15) is 215 Å². The monoisotopic (exact) mass is 1620 g/mol. The average molecular weight is 1620 g/mol. The van der Waals surface area contributed by atoms with E-state index in [0.717, 1.165) is 5.92 Å². The van der Waals surface area contributed by atoms with Crippen LogP contribution in [-0.4, -0.2) is 319 Å². The highest BCUT2D eigenvalue weighted by atomic mass is 16.7. The van der Waals surface area contributed by atoms with Crippen molar-refractivity contribution >= 4 is 58.5 Å². The van der Waals surface area contributed by atoms with Crippen molar-refractivity contribution in [1.29, 1.82) is 0 Å². The van der Waals surface area contributed by atoms with E-state index >= 15 is 0 Å². The molecule has 14 N–H and O–H groups in total. The van der Waals surface area contributed by atoms with Gasteiger partial charge in [-0.25, -0.2) is 0 Å². The van der Waals surface area contributed by atoms with Gasteiger partial charge >= 0.3 is 0 Å². The van der Waals surface area contributed by atoms with Crippen molar-refractivity contribution in [3.05, 3.63) is 0 Å². The topological polar surface area (TPSA) is 507 Å². The Morgan fingerprint density at radius 2 is 0.894 bits per heavy atom. The molecule has 4 rings (SSSR count). The Morgan fingerprint density at radius 1 is 0.469 bits per heavy atom. The standard InChI is InChI=1S/C75H129N5O29.C4H10/c1-48-67(95)69(97)60(42-82)108-73(48)106-31-15-12-23-54(87)19-8-6-10-21-56(89)26-34-103-46-75(39-57(90)38-64(94)80-40-58(91)37-52(80)44-101-4,45-102-33-25-55(88)20-9-5-7-18-53(86)22-11-14-30-105-59-36-51(41-81)68(96)71(99)65(59)78-49(2)84)47-104-35-27-63(93)77-29-17-28-76-62(92)24-13-16-32-107-74-66(79-50(3)85)72(100)70(98)61(43-83)109-74;1-4(2)3/h48,51-52,58-61,65-74,81-83,91,95-100H,5-47H2,1-4H3,(H,76,92)(H,77,93)(H,78,84)(H,79,85);4H,1-3H3/t48?,51?,52-,58+,59+,60?,61?,65?,66?,67+,68-,69-,70-,71+,72+,73+,74+,75?;/m0./s1. The zero-order valence-corrected chi connectivity index (χ0v) is 68.0. The molecule has 3 heterocycles. The van der Waals surface area contributed by atoms with Gasteiger partial charge in [0.2, 0.25) is 29.5 Å². The molecule has 0 aromatic heterocycles. The van der Waals surface area contributed by atoms with E-state index in [-0.39, 0.29) is 185 Å². The highest BCUT2D eigenvalue weighted by Crippen LogP contribution is 2.32. The van der Waals surface area contributed by atoms with Gasteiger partial charge in [0.1, 0.15) is 71.6 Å². The SMILES string of the molecule is CC(C)C.COC[C@@H]1C[C@@H](O)CN1C(=O)CC(=O)CC(COCCC(=O)CCCCCC(=O)CCCCO[C@@H]1OC(CO)[C@H](O)[C@H](O)C1C)(COCCC(=O)CCCCCC(=O)CCCCO[C@@H]1CC(CO)[C@H](O)[C@H](O)C1NC(C)=O)COCCC(=O)NCCCNC(=O)CCCCO[C@@H]1OC(CO)[C@H](O)[C@H](O)C1NC(C)=O. The van der Waals surface area contributed by atoms with Gasteiger partial charge in [-0.05, 0) is 89.4 Å². The van der Waals surface area contributed by atoms with Crippen molar-refractivity contribution in [1.82, 2.24) is 26.2 Å². The zero-order chi connectivity index (χ0) is 83.8. The van der Waals surface area contributed by atoms with Crippen LogP contribution in [0.3, 0.4) is 0 Å². The van der Waals surface area contributed by atoms with Crippen LogP contribution in [-0.2, 0) is 90.6 Å². The van der Waals surface area contributed by atoms with Gasteiger partial charge in [0.05, 0.1) is 102 Å². The molecule has 113 heavy (non-hydrogen) atoms. The van der Waals surface area contributed by atoms with Crippen molar-refractivity contribution in [2.45, 2.75) is 307 Å². The first-order valence-electron chi connectivity index (χ1n) is 40.8. The predicted octanol–water partition coefficient (Wildman–Crippen LogP) is 0.799. The highest BCUT2D eigenvalue weighted by molar-refractivity contribution is 5.98. The molecule has 0 aromatic carbocycles. The average Bonchev–Trinajstić information content (AvgIpc) is 1.76. The number of carbonyl (C=O) groups excluding carboxylic acids is 10. The molecule has 34 heteroatoms. The smallest absolute Gasteiger partial charge is 0.230 e. The number of β-amino-alcohol motifs (C(OH)–C–C–N with tert-alkyl or cyclic N) is 1. The third-order valence-corrected chi connectivity index (χ3v) is 20.1. The second-order valence-electron chi connectivity index (χ2n) is 31.3. The van der Waals surface area contributed by atoms with Gasteiger partial charge in [-0.1, -0.05) is 40.5 Å². The number of nitrogens with one attached hydrogen (secondary N) is 4. The normalized spacial score (nSPS) is 26.2. The highest BCUT2D eigenvalue weighted by Gasteiger charge is 2.47. The van der Waals surface area contributed by atoms with Gasteiger partial charge in [-0.3, -0.25) is 47.9 Å². The van der Waals surface area contributed by atoms with Crippen molar-refractivity contribution in [3.63, 3.8) is 0 Å². The molecule has 1 aliphatic carbocycles. The summed E-state index contributed by atoms with van der Waals surface area (Å²) >= 11 is 0. The number of carbonyl (C=O) groups is 10. The van der Waals surface area contributed by atoms with Crippen LogP contribution in [0.2, 0.25) is 0 Å². The molecule has 0 radical (unpaired) electrons. The summed E-state index contributed by atoms with van der Waals surface area (Å²) in [6.07, 6.45) is -5.16. The number of nitrogens with zero attached hydrogens (tertiary/aromatic N) is 1. The zero-order valence-electron chi connectivity index (χ0n) is 68.0. The Hall–Kier alpha value is -5.06. The third-order valence-electron chi connectivity index (χ3n) is 20.1. The van der Waals surface area contributed by atoms with Crippen LogP contribution in [0.4, 0.5) is 0 Å². The van der Waals surface area contributed by atoms with E-state index < -0.39 is 152 Å². The number of methoxy groups -OCH3 is 1. The number of ether oxygens (including phenoxy) is 9. The lowest BCUT2D eigenvalue weighted by Crippen LogP contribution is -2.64. The van der Waals surface area contributed by atoms with E-state index in [1.807, 2.05) is 0 Å². The number of aliphatic hydroxyl groups excluding tert-OH is 10. The molecule has 7 unspecified atom stereocenters. The second kappa shape index (κ2) is 57.9. The number of ketones is 5. The largest absolute Gasteiger partial charge is 0.396 e. The van der Waals surface area contributed by atoms with Gasteiger partial charge < -0.3 is 120 Å². The Morgan fingerprint density at radius 3 is 1.38 bits per heavy atom. The summed E-state index contributed by atoms with van der Waals surface area (Å²) in [5.41, 5.74) is -1.32. The number of hydrogen-bond donors (Lipinski definition) is 14. The van der Waals surface area contributed by atoms with E-state index in [4.69, 9.17) is 42.6 Å². The number of amides is 5. The molecule has 4 aliphatic rings. The molecular formula is C79H139N5O29. The summed E-state index contributed by atoms with van der Waals surface area (Å²) < 4.78 is 52.3. The molecule has 18 atom stereocenters. The van der Waals surface area contributed by atoms with Gasteiger partial charge in [-0.15, -0.1) is 0 Å². The summed E-state index contributed by atoms with van der Waals surface area (Å²) in [5, 5.41) is 112. The Labute approximate surface area is 666 Å². The number of rotatable bonds is 60. The Kier molecular flexibility index (Phi) is 52.4. The maximum atomic E-state index is 14.2. The Balaban J connectivity index is 0.00000806. The van der Waals surface area contributed by atoms with Gasteiger partial charge in [-0.2, -0.15) is 0 Å². The lowest BCUT2D eigenvalue weighted by Gasteiger charge is -2.42. The van der Waals surface area contributed by atoms with Crippen LogP contribution < -0.4 is 21.3 Å². The van der Waals surface area contributed by atoms with E-state index in [9.17, 15) is 99.0 Å². The first-order chi connectivity index (χ1) is 53.9. The summed E-state index contributed by atoms with van der Waals surface area (Å²) in [6, 6.07) is -2.41. The maximum Gasteiger partial charge on any atom is 0.230 e. The summed E-state index contributed by atoms with van der Waals surface area (Å²) in [5.74, 6) is -2.96. The third kappa shape index (κ3) is 41.3. The summed E-state index contributed by atoms with van der Waals surface area (Å²) in [6.45, 7) is 9.53. The van der Waals surface area contributed by atoms with Crippen LogP contribution in [0.25, 0.3) is 0 Å². The first kappa shape index (κ1) is 102. The quantitative estimate of drug-likeness (QED) is 0.0296. The van der Waals surface area contributed by atoms with Crippen LogP contribution in [0.15, 0.2) is 0 Å². The van der Waals surface area contributed by atoms with Gasteiger partial charge in [0.15, 0.2) is 12.6 Å². The molecule has 1 saturated carbocycles. The Bertz CT molecular complexity index is 2650. The number of aliphatic hydroxyl groups is 10. The lowest BCUT2D eigenvalue weighted by atomic mass is 9.79. The molecule has 34 nitrogen and oxygen atoms in total. The van der Waals surface area contributed by atoms with E-state index in [1.165, 1.54) is 25.9 Å². The van der Waals surface area contributed by atoms with Crippen LogP contribution in [0.5, 0.6) is 0 Å². The molecule has 0 spiro atoms. The molecule has 5 amide bonds. The number of likely N-dealkylation sites (tertiary alicyclic amines) is 1.